The zero-order valence-electron chi connectivity index (χ0n) is 13.3. The van der Waals surface area contributed by atoms with Crippen molar-refractivity contribution in [2.75, 3.05) is 18.5 Å². The third-order valence-electron chi connectivity index (χ3n) is 3.54. The van der Waals surface area contributed by atoms with Crippen molar-refractivity contribution in [1.82, 2.24) is 5.32 Å². The van der Waals surface area contributed by atoms with Gasteiger partial charge in [0.1, 0.15) is 6.61 Å². The van der Waals surface area contributed by atoms with E-state index < -0.39 is 0 Å². The van der Waals surface area contributed by atoms with Crippen molar-refractivity contribution in [1.29, 1.82) is 0 Å². The Hall–Kier alpha value is -2.69. The maximum absolute atomic E-state index is 12.0. The van der Waals surface area contributed by atoms with Crippen LogP contribution in [0.3, 0.4) is 0 Å². The lowest BCUT2D eigenvalue weighted by Crippen LogP contribution is -2.42. The molecule has 0 saturated heterocycles. The number of para-hydroxylation sites is 2. The average molecular weight is 312 g/mol. The molecule has 23 heavy (non-hydrogen) atoms. The number of carbonyl (C=O) groups is 1. The number of urea groups is 1. The Morgan fingerprint density at radius 2 is 1.83 bits per heavy atom. The normalized spacial score (nSPS) is 15.8. The molecule has 3 rings (SSSR count). The van der Waals surface area contributed by atoms with Gasteiger partial charge in [-0.1, -0.05) is 18.2 Å². The first-order valence-electron chi connectivity index (χ1n) is 7.62. The monoisotopic (exact) mass is 312 g/mol. The van der Waals surface area contributed by atoms with Gasteiger partial charge in [0.25, 0.3) is 0 Å². The molecule has 0 aliphatic carbocycles. The number of amides is 2. The third kappa shape index (κ3) is 3.94. The molecule has 0 bridgehead atoms. The largest absolute Gasteiger partial charge is 0.486 e. The summed E-state index contributed by atoms with van der Waals surface area (Å²) in [6, 6.07) is 13.2. The average Bonchev–Trinajstić information content (AvgIpc) is 2.52. The van der Waals surface area contributed by atoms with Gasteiger partial charge in [-0.25, -0.2) is 4.79 Å². The molecule has 1 unspecified atom stereocenters. The van der Waals surface area contributed by atoms with Crippen LogP contribution in [-0.2, 0) is 0 Å². The van der Waals surface area contributed by atoms with Gasteiger partial charge in [0.05, 0.1) is 6.54 Å². The number of rotatable bonds is 3. The molecule has 0 spiro atoms. The molecule has 0 aromatic heterocycles. The van der Waals surface area contributed by atoms with Crippen molar-refractivity contribution in [3.05, 3.63) is 53.6 Å². The Bertz CT molecular complexity index is 695. The second-order valence-corrected chi connectivity index (χ2v) is 5.71. The number of nitrogens with one attached hydrogen (secondary N) is 2. The predicted molar refractivity (Wildman–Crippen MR) is 89.3 cm³/mol. The smallest absolute Gasteiger partial charge is 0.319 e. The molecule has 2 amide bonds. The van der Waals surface area contributed by atoms with E-state index in [-0.39, 0.29) is 12.1 Å². The van der Waals surface area contributed by atoms with Crippen molar-refractivity contribution in [2.45, 2.75) is 20.0 Å². The Labute approximate surface area is 135 Å². The minimum absolute atomic E-state index is 0.199. The van der Waals surface area contributed by atoms with Gasteiger partial charge in [-0.15, -0.1) is 0 Å². The number of benzene rings is 2. The summed E-state index contributed by atoms with van der Waals surface area (Å²) >= 11 is 0. The highest BCUT2D eigenvalue weighted by Gasteiger charge is 2.20. The van der Waals surface area contributed by atoms with Crippen LogP contribution < -0.4 is 20.1 Å². The van der Waals surface area contributed by atoms with Gasteiger partial charge in [0, 0.05) is 5.69 Å². The van der Waals surface area contributed by atoms with Crippen molar-refractivity contribution in [2.24, 2.45) is 0 Å². The van der Waals surface area contributed by atoms with Gasteiger partial charge in [0.2, 0.25) is 0 Å². The first-order valence-corrected chi connectivity index (χ1v) is 7.62. The molecule has 5 heteroatoms. The van der Waals surface area contributed by atoms with E-state index >= 15 is 0 Å². The molecular formula is C18H20N2O3. The third-order valence-corrected chi connectivity index (χ3v) is 3.54. The van der Waals surface area contributed by atoms with Crippen molar-refractivity contribution < 1.29 is 14.3 Å². The minimum Gasteiger partial charge on any atom is -0.486 e. The van der Waals surface area contributed by atoms with E-state index in [2.05, 4.69) is 16.7 Å². The van der Waals surface area contributed by atoms with E-state index in [1.54, 1.807) is 0 Å². The fourth-order valence-electron chi connectivity index (χ4n) is 2.59. The van der Waals surface area contributed by atoms with Crippen LogP contribution in [0.15, 0.2) is 42.5 Å². The van der Waals surface area contributed by atoms with Crippen LogP contribution in [0.1, 0.15) is 11.1 Å². The van der Waals surface area contributed by atoms with Crippen molar-refractivity contribution in [3.8, 4) is 11.5 Å². The number of hydrogen-bond acceptors (Lipinski definition) is 3. The van der Waals surface area contributed by atoms with Crippen LogP contribution in [0.25, 0.3) is 0 Å². The van der Waals surface area contributed by atoms with Crippen LogP contribution >= 0.6 is 0 Å². The summed E-state index contributed by atoms with van der Waals surface area (Å²) in [5.74, 6) is 1.45. The second kappa shape index (κ2) is 6.60. The number of fused-ring (bicyclic) bond motifs is 1. The lowest BCUT2D eigenvalue weighted by atomic mass is 10.1. The Kier molecular flexibility index (Phi) is 4.37. The molecule has 1 heterocycles. The van der Waals surface area contributed by atoms with Gasteiger partial charge >= 0.3 is 6.03 Å². The van der Waals surface area contributed by atoms with Crippen LogP contribution in [0, 0.1) is 13.8 Å². The Morgan fingerprint density at radius 1 is 1.13 bits per heavy atom. The zero-order chi connectivity index (χ0) is 16.2. The molecule has 0 radical (unpaired) electrons. The standard InChI is InChI=1S/C18H20N2O3/c1-12-7-13(2)9-14(8-12)20-18(21)19-10-15-11-22-16-5-3-4-6-17(16)23-15/h3-9,15H,10-11H2,1-2H3,(H2,19,20,21). The van der Waals surface area contributed by atoms with Crippen LogP contribution in [0.2, 0.25) is 0 Å². The van der Waals surface area contributed by atoms with Crippen molar-refractivity contribution >= 4 is 11.7 Å². The summed E-state index contributed by atoms with van der Waals surface area (Å²) in [6.45, 7) is 4.80. The fraction of sp³-hybridized carbons (Fsp3) is 0.278. The summed E-state index contributed by atoms with van der Waals surface area (Å²) < 4.78 is 11.4. The Morgan fingerprint density at radius 3 is 2.57 bits per heavy atom. The molecule has 0 fully saturated rings. The number of aryl methyl sites for hydroxylation is 2. The van der Waals surface area contributed by atoms with Gasteiger partial charge in [-0.05, 0) is 49.2 Å². The summed E-state index contributed by atoms with van der Waals surface area (Å²) in [5, 5.41) is 5.65. The van der Waals surface area contributed by atoms with Gasteiger partial charge in [-0.3, -0.25) is 0 Å². The minimum atomic E-state index is -0.252. The Balaban J connectivity index is 1.52. The van der Waals surface area contributed by atoms with E-state index in [0.29, 0.717) is 18.9 Å². The molecule has 1 aliphatic rings. The molecule has 120 valence electrons. The van der Waals surface area contributed by atoms with Gasteiger partial charge in [-0.2, -0.15) is 0 Å². The molecule has 1 aliphatic heterocycles. The van der Waals surface area contributed by atoms with Gasteiger partial charge in [0.15, 0.2) is 17.6 Å². The number of anilines is 1. The van der Waals surface area contributed by atoms with Crippen LogP contribution in [0.4, 0.5) is 10.5 Å². The van der Waals surface area contributed by atoms with E-state index in [1.807, 2.05) is 50.2 Å². The van der Waals surface area contributed by atoms with E-state index in [9.17, 15) is 4.79 Å². The number of carbonyl (C=O) groups excluding carboxylic acids is 1. The zero-order valence-corrected chi connectivity index (χ0v) is 13.3. The lowest BCUT2D eigenvalue weighted by Gasteiger charge is -2.26. The predicted octanol–water partition coefficient (Wildman–Crippen LogP) is 3.26. The lowest BCUT2D eigenvalue weighted by molar-refractivity contribution is 0.0922. The first-order chi connectivity index (χ1) is 11.1. The van der Waals surface area contributed by atoms with Crippen LogP contribution in [-0.4, -0.2) is 25.3 Å². The maximum Gasteiger partial charge on any atom is 0.319 e. The van der Waals surface area contributed by atoms with Crippen molar-refractivity contribution in [3.63, 3.8) is 0 Å². The highest BCUT2D eigenvalue weighted by atomic mass is 16.6. The molecule has 2 aromatic rings. The molecular weight excluding hydrogens is 292 g/mol. The maximum atomic E-state index is 12.0. The second-order valence-electron chi connectivity index (χ2n) is 5.71. The quantitative estimate of drug-likeness (QED) is 0.914. The number of hydrogen-bond donors (Lipinski definition) is 2. The fourth-order valence-corrected chi connectivity index (χ4v) is 2.59. The van der Waals surface area contributed by atoms with Gasteiger partial charge < -0.3 is 20.1 Å². The summed E-state index contributed by atoms with van der Waals surface area (Å²) in [4.78, 5) is 12.0. The molecule has 2 N–H and O–H groups in total. The topological polar surface area (TPSA) is 59.6 Å². The summed E-state index contributed by atoms with van der Waals surface area (Å²) in [5.41, 5.74) is 3.01. The highest BCUT2D eigenvalue weighted by molar-refractivity contribution is 5.89. The van der Waals surface area contributed by atoms with Crippen LogP contribution in [0.5, 0.6) is 11.5 Å². The first kappa shape index (κ1) is 15.2. The SMILES string of the molecule is Cc1cc(C)cc(NC(=O)NCC2COc3ccccc3O2)c1. The summed E-state index contributed by atoms with van der Waals surface area (Å²) in [6.07, 6.45) is -0.199. The molecule has 0 saturated carbocycles. The number of ether oxygens (including phenoxy) is 2. The molecule has 2 aromatic carbocycles. The summed E-state index contributed by atoms with van der Waals surface area (Å²) in [7, 11) is 0. The van der Waals surface area contributed by atoms with E-state index in [4.69, 9.17) is 9.47 Å². The highest BCUT2D eigenvalue weighted by Crippen LogP contribution is 2.30. The van der Waals surface area contributed by atoms with E-state index in [1.165, 1.54) is 0 Å². The van der Waals surface area contributed by atoms with E-state index in [0.717, 1.165) is 22.6 Å². The molecule has 1 atom stereocenters. The molecule has 5 nitrogen and oxygen atoms in total.